The third-order valence-corrected chi connectivity index (χ3v) is 20.2. The van der Waals surface area contributed by atoms with Gasteiger partial charge in [0.1, 0.15) is 66.6 Å². The summed E-state index contributed by atoms with van der Waals surface area (Å²) in [6.07, 6.45) is -23.0. The van der Waals surface area contributed by atoms with E-state index >= 15 is 9.59 Å². The van der Waals surface area contributed by atoms with Crippen LogP contribution in [0.1, 0.15) is 139 Å². The van der Waals surface area contributed by atoms with E-state index in [9.17, 15) is 24.0 Å². The van der Waals surface area contributed by atoms with Crippen molar-refractivity contribution < 1.29 is 114 Å². The molecule has 0 bridgehead atoms. The molecule has 0 radical (unpaired) electrons. The summed E-state index contributed by atoms with van der Waals surface area (Å²) >= 11 is 0. The second-order valence-electron chi connectivity index (χ2n) is 34.8. The molecule has 11 rings (SSSR count). The number of nitrogens with one attached hydrogen (secondary N) is 2. The first-order valence-electron chi connectivity index (χ1n) is 41.9. The minimum atomic E-state index is -1.84. The molecular formula is C98H116N2O24. The second kappa shape index (κ2) is 44.9. The molecule has 3 aliphatic heterocycles. The minimum absolute atomic E-state index is 0.0225. The molecule has 0 aromatic heterocycles. The lowest BCUT2D eigenvalue weighted by atomic mass is 9.93. The van der Waals surface area contributed by atoms with Crippen molar-refractivity contribution in [1.29, 1.82) is 0 Å². The lowest BCUT2D eigenvalue weighted by molar-refractivity contribution is -0.350. The zero-order valence-corrected chi connectivity index (χ0v) is 72.4. The van der Waals surface area contributed by atoms with Gasteiger partial charge in [-0.05, 0) is 134 Å². The van der Waals surface area contributed by atoms with E-state index in [-0.39, 0.29) is 58.4 Å². The van der Waals surface area contributed by atoms with Gasteiger partial charge >= 0.3 is 35.9 Å². The summed E-state index contributed by atoms with van der Waals surface area (Å²) in [5, 5.41) is 5.31. The second-order valence-corrected chi connectivity index (χ2v) is 34.8. The van der Waals surface area contributed by atoms with E-state index in [1.165, 1.54) is 12.1 Å². The molecule has 124 heavy (non-hydrogen) atoms. The number of hydrogen-bond acceptors (Lipinski definition) is 24. The average Bonchev–Trinajstić information content (AvgIpc) is 0.769. The predicted molar refractivity (Wildman–Crippen MR) is 455 cm³/mol. The van der Waals surface area contributed by atoms with E-state index in [0.717, 1.165) is 33.4 Å². The van der Waals surface area contributed by atoms with E-state index in [2.05, 4.69) is 10.6 Å². The first-order chi connectivity index (χ1) is 59.4. The Morgan fingerprint density at radius 2 is 0.645 bits per heavy atom. The molecule has 2 N–H and O–H groups in total. The van der Waals surface area contributed by atoms with Crippen LogP contribution in [0.15, 0.2) is 243 Å². The Morgan fingerprint density at radius 3 is 1.03 bits per heavy atom. The van der Waals surface area contributed by atoms with Gasteiger partial charge in [-0.3, -0.25) is 19.2 Å². The van der Waals surface area contributed by atoms with Crippen LogP contribution in [0, 0.1) is 16.2 Å². The van der Waals surface area contributed by atoms with Gasteiger partial charge < -0.3 is 91.2 Å². The fraction of sp³-hybridized carbons (Fsp3) is 0.439. The molecule has 8 aromatic rings. The molecule has 0 saturated carbocycles. The van der Waals surface area contributed by atoms with Crippen LogP contribution in [0.2, 0.25) is 0 Å². The van der Waals surface area contributed by atoms with Crippen LogP contribution in [0.5, 0.6) is 0 Å². The van der Waals surface area contributed by atoms with E-state index in [4.69, 9.17) is 80.5 Å². The van der Waals surface area contributed by atoms with Crippen LogP contribution >= 0.6 is 0 Å². The van der Waals surface area contributed by atoms with Crippen molar-refractivity contribution in [1.82, 2.24) is 10.6 Å². The van der Waals surface area contributed by atoms with Crippen LogP contribution < -0.4 is 10.6 Å². The van der Waals surface area contributed by atoms with Crippen molar-refractivity contribution in [2.45, 2.75) is 239 Å². The van der Waals surface area contributed by atoms with Crippen LogP contribution in [-0.2, 0) is 151 Å². The number of benzene rings is 8. The maximum atomic E-state index is 15.3. The number of hydrogen-bond donors (Lipinski definition) is 2. The third-order valence-electron chi connectivity index (χ3n) is 20.2. The molecule has 0 aliphatic carbocycles. The SMILES string of the molecule is CC(C)(C)OC(=O)[C@H](CC(=O)N[C@@H]1O[C@H](CO[C@@H]2O[C@H](CO[C@H]3O[C@H](COCc4ccccc4)[C@@H](OCc4ccccc4)[C@H](OCc4ccccc4)[C@H]3OCc3ccccc3)[C@@H](OC(=O)C(C)(C)C)[C@H](OC(=O)C(C)(C)C)[C@H]2OC(=O)C(C)(C)C)[C@@H](OCc2ccccc2)[C@H](OCc2ccccc2)[C@H]1OCc1ccccc1)NC(=O)OC(=O)c1ccccc1. The van der Waals surface area contributed by atoms with Crippen LogP contribution in [0.4, 0.5) is 4.79 Å². The smallest absolute Gasteiger partial charge is 0.415 e. The summed E-state index contributed by atoms with van der Waals surface area (Å²) in [6, 6.07) is 72.2. The monoisotopic (exact) mass is 1700 g/mol. The minimum Gasteiger partial charge on any atom is -0.458 e. The van der Waals surface area contributed by atoms with Gasteiger partial charge in [-0.2, -0.15) is 0 Å². The van der Waals surface area contributed by atoms with Crippen molar-refractivity contribution in [3.05, 3.63) is 287 Å². The summed E-state index contributed by atoms with van der Waals surface area (Å²) in [4.78, 5) is 101. The third kappa shape index (κ3) is 28.6. The molecular weight excluding hydrogens is 1590 g/mol. The molecule has 16 atom stereocenters. The molecule has 662 valence electrons. The van der Waals surface area contributed by atoms with Crippen molar-refractivity contribution in [3.8, 4) is 0 Å². The average molecular weight is 1710 g/mol. The summed E-state index contributed by atoms with van der Waals surface area (Å²) in [5.74, 6) is -5.39. The lowest BCUT2D eigenvalue weighted by Crippen LogP contribution is -2.67. The van der Waals surface area contributed by atoms with Gasteiger partial charge in [0.2, 0.25) is 5.91 Å². The Hall–Kier alpha value is -10.4. The summed E-state index contributed by atoms with van der Waals surface area (Å²) in [7, 11) is 0. The van der Waals surface area contributed by atoms with Crippen LogP contribution in [0.25, 0.3) is 0 Å². The Morgan fingerprint density at radius 1 is 0.331 bits per heavy atom. The maximum Gasteiger partial charge on any atom is 0.415 e. The zero-order chi connectivity index (χ0) is 88.4. The number of carbonyl (C=O) groups is 7. The quantitative estimate of drug-likeness (QED) is 0.0208. The summed E-state index contributed by atoms with van der Waals surface area (Å²) in [6.45, 7) is 18.5. The van der Waals surface area contributed by atoms with E-state index in [1.807, 2.05) is 212 Å². The number of amides is 2. The van der Waals surface area contributed by atoms with Gasteiger partial charge in [-0.1, -0.05) is 231 Å². The van der Waals surface area contributed by atoms with Gasteiger partial charge in [-0.15, -0.1) is 0 Å². The standard InChI is InChI=1S/C98H116N2O24/c1-95(2,3)91(104)120-79-75(63-115-89-84(114-60-70-49-33-19-34-50-70)81(112-58-68-45-29-17-30-46-68)77(109-55-65-39-23-14-24-40-65)73(118-89)61-108-54-64-37-21-13-22-38-64)119-90(85(122-93(106)97(7,8)9)82(79)121-92(105)96(4,5)6)116-62-74-78(110-56-66-41-25-15-26-42-66)80(111-57-67-43-27-16-28-44-67)83(113-59-69-47-31-18-32-48-69)86(117-74)100-76(101)53-72(88(103)124-98(10,11)12)99-94(107)123-87(102)71-51-35-20-36-52-71/h13-52,72-75,77-86,89-90H,53-63H2,1-12H3,(H,99,107)(H,100,101)/t72-,73+,74+,75+,77+,78+,79+,80-,81-,82-,83+,84+,85+,86+,89-,90+/m0/s1. The molecule has 3 saturated heterocycles. The molecule has 3 aliphatic rings. The van der Waals surface area contributed by atoms with Crippen molar-refractivity contribution in [2.75, 3.05) is 19.8 Å². The van der Waals surface area contributed by atoms with Gasteiger partial charge in [0.05, 0.1) is 94.3 Å². The molecule has 0 unspecified atom stereocenters. The number of alkyl carbamates (subject to hydrolysis) is 1. The Balaban J connectivity index is 1.02. The highest BCUT2D eigenvalue weighted by Crippen LogP contribution is 2.39. The molecule has 3 heterocycles. The van der Waals surface area contributed by atoms with Crippen LogP contribution in [0.3, 0.4) is 0 Å². The number of rotatable bonds is 37. The molecule has 8 aromatic carbocycles. The Bertz CT molecular complexity index is 4630. The number of ether oxygens (including phenoxy) is 17. The molecule has 0 spiro atoms. The summed E-state index contributed by atoms with van der Waals surface area (Å²) < 4.78 is 116. The number of esters is 5. The van der Waals surface area contributed by atoms with Crippen molar-refractivity contribution >= 4 is 41.8 Å². The highest BCUT2D eigenvalue weighted by molar-refractivity contribution is 5.97. The predicted octanol–water partition coefficient (Wildman–Crippen LogP) is 14.6. The molecule has 2 amide bonds. The Kier molecular flexibility index (Phi) is 34.2. The molecule has 26 heteroatoms. The topological polar surface area (TPSA) is 300 Å². The Labute approximate surface area is 725 Å². The largest absolute Gasteiger partial charge is 0.458 e. The fourth-order valence-corrected chi connectivity index (χ4v) is 13.6. The number of carbonyl (C=O) groups excluding carboxylic acids is 7. The van der Waals surface area contributed by atoms with E-state index in [0.29, 0.717) is 5.56 Å². The lowest BCUT2D eigenvalue weighted by Gasteiger charge is -2.49. The molecule has 3 fully saturated rings. The van der Waals surface area contributed by atoms with Crippen LogP contribution in [-0.4, -0.2) is 165 Å². The van der Waals surface area contributed by atoms with Crippen molar-refractivity contribution in [2.24, 2.45) is 16.2 Å². The normalized spacial score (nSPS) is 23.2. The summed E-state index contributed by atoms with van der Waals surface area (Å²) in [5.41, 5.74) is 0.696. The molecule has 26 nitrogen and oxygen atoms in total. The van der Waals surface area contributed by atoms with Gasteiger partial charge in [0.25, 0.3) is 0 Å². The van der Waals surface area contributed by atoms with Crippen molar-refractivity contribution in [3.63, 3.8) is 0 Å². The fourth-order valence-electron chi connectivity index (χ4n) is 13.6. The first kappa shape index (κ1) is 94.3. The highest BCUT2D eigenvalue weighted by atomic mass is 16.8. The van der Waals surface area contributed by atoms with Gasteiger partial charge in [0.15, 0.2) is 37.1 Å². The van der Waals surface area contributed by atoms with Gasteiger partial charge in [0, 0.05) is 0 Å². The van der Waals surface area contributed by atoms with E-state index < -0.39 is 181 Å². The maximum absolute atomic E-state index is 15.3. The van der Waals surface area contributed by atoms with Gasteiger partial charge in [-0.25, -0.2) is 14.4 Å². The van der Waals surface area contributed by atoms with E-state index in [1.54, 1.807) is 101 Å². The first-order valence-corrected chi connectivity index (χ1v) is 41.9. The zero-order valence-electron chi connectivity index (χ0n) is 72.4. The highest BCUT2D eigenvalue weighted by Gasteiger charge is 2.58.